The average Bonchev–Trinajstić information content (AvgIpc) is 3.46. The molecule has 180 valence electrons. The number of ether oxygens (including phenoxy) is 1. The van der Waals surface area contributed by atoms with Gasteiger partial charge in [-0.15, -0.1) is 0 Å². The number of amides is 1. The summed E-state index contributed by atoms with van der Waals surface area (Å²) in [5.74, 6) is 0.396. The van der Waals surface area contributed by atoms with E-state index in [0.717, 1.165) is 22.0 Å². The van der Waals surface area contributed by atoms with E-state index in [-0.39, 0.29) is 11.8 Å². The van der Waals surface area contributed by atoms with E-state index in [1.165, 1.54) is 30.0 Å². The summed E-state index contributed by atoms with van der Waals surface area (Å²) in [7, 11) is 0. The van der Waals surface area contributed by atoms with Crippen LogP contribution in [0.5, 0.6) is 5.75 Å². The highest BCUT2D eigenvalue weighted by Crippen LogP contribution is 2.33. The van der Waals surface area contributed by atoms with E-state index in [2.05, 4.69) is 10.3 Å². The smallest absolute Gasteiger partial charge is 0.433 e. The zero-order valence-electron chi connectivity index (χ0n) is 18.9. The molecule has 5 rings (SSSR count). The molecular weight excluding hydrogens is 482 g/mol. The standard InChI is InChI=1S/C25H19N5O5S/c1-2-34-16-7-10-19-18(13-16)23(26)17-9-6-14(12-20(17)28-19)27-25-29-24(31)21(36-25)5-3-4-15-8-11-22(35-15)30(32)33/h3-13H,2H2,1H3,(H2,26,28)(H,27,29,31)/b4-3+,21-5+. The zero-order valence-corrected chi connectivity index (χ0v) is 19.7. The number of fused-ring (bicyclic) bond motifs is 2. The van der Waals surface area contributed by atoms with Gasteiger partial charge in [-0.25, -0.2) is 9.98 Å². The second kappa shape index (κ2) is 9.55. The second-order valence-corrected chi connectivity index (χ2v) is 8.67. The molecule has 11 heteroatoms. The molecule has 36 heavy (non-hydrogen) atoms. The van der Waals surface area contributed by atoms with Gasteiger partial charge in [0.2, 0.25) is 0 Å². The van der Waals surface area contributed by atoms with Crippen LogP contribution in [0.15, 0.2) is 75.0 Å². The molecular formula is C25H19N5O5S. The minimum Gasteiger partial charge on any atom is -0.494 e. The Morgan fingerprint density at radius 1 is 1.19 bits per heavy atom. The van der Waals surface area contributed by atoms with Gasteiger partial charge < -0.3 is 20.2 Å². The first-order chi connectivity index (χ1) is 17.4. The summed E-state index contributed by atoms with van der Waals surface area (Å²) in [6, 6.07) is 13.8. The van der Waals surface area contributed by atoms with E-state index in [0.29, 0.717) is 39.3 Å². The molecule has 1 fully saturated rings. The van der Waals surface area contributed by atoms with Crippen molar-refractivity contribution in [1.82, 2.24) is 10.3 Å². The van der Waals surface area contributed by atoms with Crippen molar-refractivity contribution in [3.05, 3.63) is 81.5 Å². The zero-order chi connectivity index (χ0) is 25.2. The summed E-state index contributed by atoms with van der Waals surface area (Å²) in [6.45, 7) is 2.49. The van der Waals surface area contributed by atoms with Crippen molar-refractivity contribution in [2.45, 2.75) is 6.92 Å². The Labute approximate surface area is 208 Å². The van der Waals surface area contributed by atoms with Gasteiger partial charge >= 0.3 is 5.88 Å². The fraction of sp³-hybridized carbons (Fsp3) is 0.0800. The lowest BCUT2D eigenvalue weighted by atomic mass is 10.1. The first-order valence-electron chi connectivity index (χ1n) is 10.9. The fourth-order valence-corrected chi connectivity index (χ4v) is 4.44. The molecule has 0 spiro atoms. The van der Waals surface area contributed by atoms with Gasteiger partial charge in [0.1, 0.15) is 16.4 Å². The summed E-state index contributed by atoms with van der Waals surface area (Å²) >= 11 is 1.18. The quantitative estimate of drug-likeness (QED) is 0.156. The summed E-state index contributed by atoms with van der Waals surface area (Å²) in [5.41, 5.74) is 9.08. The molecule has 1 amide bonds. The number of aliphatic imine (C=N–C) groups is 1. The maximum absolute atomic E-state index is 12.3. The maximum atomic E-state index is 12.3. The summed E-state index contributed by atoms with van der Waals surface area (Å²) in [5, 5.41) is 15.5. The van der Waals surface area contributed by atoms with E-state index >= 15 is 0 Å². The predicted octanol–water partition coefficient (Wildman–Crippen LogP) is 5.32. The Morgan fingerprint density at radius 3 is 2.83 bits per heavy atom. The number of hydrogen-bond acceptors (Lipinski definition) is 9. The maximum Gasteiger partial charge on any atom is 0.433 e. The van der Waals surface area contributed by atoms with E-state index in [1.807, 2.05) is 43.3 Å². The number of pyridine rings is 1. The third-order valence-electron chi connectivity index (χ3n) is 5.26. The van der Waals surface area contributed by atoms with Crippen LogP contribution in [0.3, 0.4) is 0 Å². The van der Waals surface area contributed by atoms with Crippen LogP contribution in [0.1, 0.15) is 12.7 Å². The molecule has 3 N–H and O–H groups in total. The number of aromatic nitrogens is 1. The predicted molar refractivity (Wildman–Crippen MR) is 140 cm³/mol. The number of nitrogen functional groups attached to an aromatic ring is 1. The molecule has 2 aromatic heterocycles. The largest absolute Gasteiger partial charge is 0.494 e. The van der Waals surface area contributed by atoms with Gasteiger partial charge in [0.05, 0.1) is 40.0 Å². The number of amidine groups is 1. The van der Waals surface area contributed by atoms with Crippen LogP contribution in [-0.4, -0.2) is 27.6 Å². The number of nitro groups is 1. The molecule has 0 radical (unpaired) electrons. The minimum atomic E-state index is -0.615. The van der Waals surface area contributed by atoms with Gasteiger partial charge in [-0.1, -0.05) is 6.08 Å². The molecule has 1 saturated heterocycles. The molecule has 0 atom stereocenters. The van der Waals surface area contributed by atoms with Gasteiger partial charge in [-0.2, -0.15) is 0 Å². The van der Waals surface area contributed by atoms with Crippen LogP contribution in [0.4, 0.5) is 17.3 Å². The van der Waals surface area contributed by atoms with Crippen molar-refractivity contribution in [2.24, 2.45) is 4.99 Å². The molecule has 0 bridgehead atoms. The van der Waals surface area contributed by atoms with Crippen molar-refractivity contribution >= 4 is 68.0 Å². The number of thioether (sulfide) groups is 1. The van der Waals surface area contributed by atoms with Crippen molar-refractivity contribution in [3.8, 4) is 5.75 Å². The number of hydrogen-bond donors (Lipinski definition) is 2. The number of anilines is 1. The third kappa shape index (κ3) is 4.64. The van der Waals surface area contributed by atoms with E-state index in [9.17, 15) is 14.9 Å². The molecule has 1 aliphatic rings. The Balaban J connectivity index is 1.37. The highest BCUT2D eigenvalue weighted by atomic mass is 32.2. The van der Waals surface area contributed by atoms with Gasteiger partial charge in [-0.05, 0) is 73.3 Å². The first-order valence-corrected chi connectivity index (χ1v) is 11.7. The van der Waals surface area contributed by atoms with Crippen molar-refractivity contribution in [1.29, 1.82) is 0 Å². The Hall–Kier alpha value is -4.64. The van der Waals surface area contributed by atoms with Gasteiger partial charge in [0.15, 0.2) is 5.17 Å². The number of carbonyl (C=O) groups excluding carboxylic acids is 1. The highest BCUT2D eigenvalue weighted by molar-refractivity contribution is 8.18. The Bertz CT molecular complexity index is 1620. The highest BCUT2D eigenvalue weighted by Gasteiger charge is 2.23. The average molecular weight is 502 g/mol. The van der Waals surface area contributed by atoms with E-state index in [1.54, 1.807) is 12.2 Å². The van der Waals surface area contributed by atoms with Crippen LogP contribution in [0.25, 0.3) is 27.9 Å². The molecule has 4 aromatic rings. The number of allylic oxidation sites excluding steroid dienone is 2. The molecule has 3 heterocycles. The Kier molecular flexibility index (Phi) is 6.13. The lowest BCUT2D eigenvalue weighted by molar-refractivity contribution is -0.402. The lowest BCUT2D eigenvalue weighted by Gasteiger charge is -2.09. The molecule has 0 saturated carbocycles. The molecule has 0 unspecified atom stereocenters. The van der Waals surface area contributed by atoms with Gasteiger partial charge in [0, 0.05) is 10.8 Å². The van der Waals surface area contributed by atoms with E-state index in [4.69, 9.17) is 19.9 Å². The monoisotopic (exact) mass is 501 g/mol. The van der Waals surface area contributed by atoms with Gasteiger partial charge in [0.25, 0.3) is 5.91 Å². The minimum absolute atomic E-state index is 0.298. The number of nitrogens with zero attached hydrogens (tertiary/aromatic N) is 3. The topological polar surface area (TPSA) is 146 Å². The number of benzene rings is 2. The lowest BCUT2D eigenvalue weighted by Crippen LogP contribution is -2.19. The summed E-state index contributed by atoms with van der Waals surface area (Å²) in [6.07, 6.45) is 4.70. The number of rotatable bonds is 6. The SMILES string of the molecule is CCOc1ccc2nc3cc(N=C4NC(=O)/C(=C\C=C\c5ccc([N+](=O)[O-])o5)S4)ccc3c(N)c2c1. The number of nitrogens with one attached hydrogen (secondary N) is 1. The van der Waals surface area contributed by atoms with Crippen LogP contribution in [0.2, 0.25) is 0 Å². The van der Waals surface area contributed by atoms with Crippen molar-refractivity contribution in [3.63, 3.8) is 0 Å². The number of furan rings is 1. The van der Waals surface area contributed by atoms with Crippen molar-refractivity contribution < 1.29 is 18.9 Å². The van der Waals surface area contributed by atoms with Crippen LogP contribution < -0.4 is 15.8 Å². The van der Waals surface area contributed by atoms with Gasteiger partial charge in [-0.3, -0.25) is 14.9 Å². The van der Waals surface area contributed by atoms with Crippen LogP contribution in [-0.2, 0) is 4.79 Å². The second-order valence-electron chi connectivity index (χ2n) is 7.64. The molecule has 0 aliphatic carbocycles. The van der Waals surface area contributed by atoms with E-state index < -0.39 is 4.92 Å². The number of carbonyl (C=O) groups is 1. The summed E-state index contributed by atoms with van der Waals surface area (Å²) < 4.78 is 10.6. The first kappa shape index (κ1) is 23.1. The normalized spacial score (nSPS) is 16.0. The summed E-state index contributed by atoms with van der Waals surface area (Å²) in [4.78, 5) is 32.1. The molecule has 1 aliphatic heterocycles. The molecule has 10 nitrogen and oxygen atoms in total. The number of nitrogens with two attached hydrogens (primary N) is 1. The van der Waals surface area contributed by atoms with Crippen LogP contribution >= 0.6 is 11.8 Å². The van der Waals surface area contributed by atoms with Crippen molar-refractivity contribution in [2.75, 3.05) is 12.3 Å². The van der Waals surface area contributed by atoms with Crippen LogP contribution in [0, 0.1) is 10.1 Å². The molecule has 2 aromatic carbocycles. The third-order valence-corrected chi connectivity index (χ3v) is 6.19. The Morgan fingerprint density at radius 2 is 2.06 bits per heavy atom. The fourth-order valence-electron chi connectivity index (χ4n) is 3.64.